The Labute approximate surface area is 256 Å². The van der Waals surface area contributed by atoms with Crippen LogP contribution in [0, 0.1) is 13.8 Å². The highest BCUT2D eigenvalue weighted by Gasteiger charge is 2.29. The summed E-state index contributed by atoms with van der Waals surface area (Å²) in [6.07, 6.45) is 2.73. The number of hydrogen-bond acceptors (Lipinski definition) is 5. The summed E-state index contributed by atoms with van der Waals surface area (Å²) in [5.74, 6) is -0.557. The van der Waals surface area contributed by atoms with Crippen molar-refractivity contribution in [1.29, 1.82) is 0 Å². The average Bonchev–Trinajstić information content (AvgIpc) is 3.37. The lowest BCUT2D eigenvalue weighted by Crippen LogP contribution is -2.55. The van der Waals surface area contributed by atoms with Gasteiger partial charge in [-0.3, -0.25) is 9.59 Å². The van der Waals surface area contributed by atoms with E-state index in [1.165, 1.54) is 12.1 Å². The van der Waals surface area contributed by atoms with Crippen LogP contribution in [0.3, 0.4) is 0 Å². The SMILES string of the molecule is Cc1[nH]c(/C=C2\C(=O)Nc3ccc(S(=O)(=O)Cc4c(Cl)cccc4Cl)cc32)c(C)c1CCC(=O)N1C[C@@H](C)N[C@@H](C)C1. The second-order valence-electron chi connectivity index (χ2n) is 11.2. The zero-order valence-corrected chi connectivity index (χ0v) is 26.3. The fraction of sp³-hybridized carbons (Fsp3) is 0.355. The van der Waals surface area contributed by atoms with Gasteiger partial charge in [0.15, 0.2) is 9.84 Å². The van der Waals surface area contributed by atoms with Gasteiger partial charge in [-0.2, -0.15) is 0 Å². The molecule has 2 amide bonds. The molecule has 3 heterocycles. The predicted octanol–water partition coefficient (Wildman–Crippen LogP) is 5.55. The Morgan fingerprint density at radius 1 is 1.05 bits per heavy atom. The number of carbonyl (C=O) groups excluding carboxylic acids is 2. The van der Waals surface area contributed by atoms with Crippen LogP contribution in [-0.2, 0) is 31.6 Å². The van der Waals surface area contributed by atoms with Gasteiger partial charge >= 0.3 is 0 Å². The van der Waals surface area contributed by atoms with Crippen molar-refractivity contribution in [3.8, 4) is 0 Å². The molecule has 3 aromatic rings. The van der Waals surface area contributed by atoms with Crippen LogP contribution in [0.25, 0.3) is 11.6 Å². The first-order valence-electron chi connectivity index (χ1n) is 13.9. The van der Waals surface area contributed by atoms with Crippen LogP contribution in [0.2, 0.25) is 10.0 Å². The van der Waals surface area contributed by atoms with Crippen molar-refractivity contribution in [2.24, 2.45) is 0 Å². The summed E-state index contributed by atoms with van der Waals surface area (Å²) in [5, 5.41) is 6.82. The molecular formula is C31H34Cl2N4O4S. The number of fused-ring (bicyclic) bond motifs is 1. The first-order chi connectivity index (χ1) is 19.8. The second-order valence-corrected chi connectivity index (χ2v) is 14.0. The summed E-state index contributed by atoms with van der Waals surface area (Å²) in [7, 11) is -3.82. The van der Waals surface area contributed by atoms with Crippen LogP contribution < -0.4 is 10.6 Å². The van der Waals surface area contributed by atoms with Gasteiger partial charge in [-0.05, 0) is 81.7 Å². The van der Waals surface area contributed by atoms with Crippen LogP contribution in [0.5, 0.6) is 0 Å². The molecule has 8 nitrogen and oxygen atoms in total. The Hall–Kier alpha value is -3.11. The number of halogens is 2. The summed E-state index contributed by atoms with van der Waals surface area (Å²) in [6, 6.07) is 9.96. The van der Waals surface area contributed by atoms with Gasteiger partial charge in [0.05, 0.1) is 16.2 Å². The lowest BCUT2D eigenvalue weighted by atomic mass is 10.0. The Kier molecular flexibility index (Phi) is 8.58. The van der Waals surface area contributed by atoms with Gasteiger partial charge in [0, 0.05) is 69.8 Å². The topological polar surface area (TPSA) is 111 Å². The largest absolute Gasteiger partial charge is 0.359 e. The molecule has 1 saturated heterocycles. The number of amides is 2. The first kappa shape index (κ1) is 30.4. The number of H-pyrrole nitrogens is 1. The monoisotopic (exact) mass is 628 g/mol. The van der Waals surface area contributed by atoms with E-state index in [0.29, 0.717) is 48.3 Å². The molecule has 0 aliphatic carbocycles. The molecular weight excluding hydrogens is 595 g/mol. The van der Waals surface area contributed by atoms with Crippen molar-refractivity contribution < 1.29 is 18.0 Å². The maximum atomic E-state index is 13.3. The lowest BCUT2D eigenvalue weighted by molar-refractivity contribution is -0.132. The van der Waals surface area contributed by atoms with Crippen LogP contribution in [0.15, 0.2) is 41.3 Å². The number of piperazine rings is 1. The van der Waals surface area contributed by atoms with Gasteiger partial charge in [0.1, 0.15) is 0 Å². The number of aryl methyl sites for hydroxylation is 1. The van der Waals surface area contributed by atoms with Crippen molar-refractivity contribution in [2.75, 3.05) is 18.4 Å². The molecule has 0 radical (unpaired) electrons. The number of nitrogens with zero attached hydrogens (tertiary/aromatic N) is 1. The molecule has 11 heteroatoms. The second kappa shape index (κ2) is 11.9. The number of hydrogen-bond donors (Lipinski definition) is 3. The lowest BCUT2D eigenvalue weighted by Gasteiger charge is -2.36. The molecule has 0 bridgehead atoms. The molecule has 2 aromatic carbocycles. The van der Waals surface area contributed by atoms with Crippen molar-refractivity contribution in [2.45, 2.75) is 63.3 Å². The van der Waals surface area contributed by atoms with Crippen LogP contribution in [0.1, 0.15) is 53.9 Å². The van der Waals surface area contributed by atoms with Crippen molar-refractivity contribution in [1.82, 2.24) is 15.2 Å². The van der Waals surface area contributed by atoms with E-state index in [4.69, 9.17) is 23.2 Å². The summed E-state index contributed by atoms with van der Waals surface area (Å²) in [5.41, 5.74) is 5.38. The average molecular weight is 630 g/mol. The minimum absolute atomic E-state index is 0.0646. The summed E-state index contributed by atoms with van der Waals surface area (Å²) in [4.78, 5) is 31.3. The molecule has 0 unspecified atom stereocenters. The zero-order chi connectivity index (χ0) is 30.3. The Balaban J connectivity index is 1.39. The normalized spacial score (nSPS) is 19.7. The fourth-order valence-electron chi connectivity index (χ4n) is 5.85. The summed E-state index contributed by atoms with van der Waals surface area (Å²) in [6.45, 7) is 9.48. The minimum Gasteiger partial charge on any atom is -0.359 e. The standard InChI is InChI=1S/C31H34Cl2N4O4S/c1-17-14-37(15-18(2)34-17)30(38)11-9-22-19(3)29(35-20(22)4)13-24-23-12-21(8-10-28(23)36-31(24)39)42(40,41)16-25-26(32)6-5-7-27(25)33/h5-8,10,12-13,17-18,34-35H,9,11,14-16H2,1-4H3,(H,36,39)/b24-13-/t17-,18+. The van der Waals surface area contributed by atoms with E-state index in [1.54, 1.807) is 30.3 Å². The maximum Gasteiger partial charge on any atom is 0.256 e. The number of rotatable bonds is 7. The summed E-state index contributed by atoms with van der Waals surface area (Å²) >= 11 is 12.5. The first-order valence-corrected chi connectivity index (χ1v) is 16.3. The van der Waals surface area contributed by atoms with Gasteiger partial charge in [0.25, 0.3) is 5.91 Å². The van der Waals surface area contributed by atoms with Gasteiger partial charge in [0.2, 0.25) is 5.91 Å². The fourth-order valence-corrected chi connectivity index (χ4v) is 7.97. The molecule has 1 fully saturated rings. The number of sulfone groups is 1. The molecule has 3 N–H and O–H groups in total. The molecule has 1 aromatic heterocycles. The molecule has 42 heavy (non-hydrogen) atoms. The third kappa shape index (κ3) is 6.15. The highest BCUT2D eigenvalue weighted by molar-refractivity contribution is 7.90. The number of anilines is 1. The van der Waals surface area contributed by atoms with E-state index in [9.17, 15) is 18.0 Å². The smallest absolute Gasteiger partial charge is 0.256 e. The number of nitrogens with one attached hydrogen (secondary N) is 3. The maximum absolute atomic E-state index is 13.3. The third-order valence-electron chi connectivity index (χ3n) is 7.95. The van der Waals surface area contributed by atoms with Crippen LogP contribution >= 0.6 is 23.2 Å². The van der Waals surface area contributed by atoms with E-state index in [-0.39, 0.29) is 44.6 Å². The minimum atomic E-state index is -3.82. The predicted molar refractivity (Wildman–Crippen MR) is 168 cm³/mol. The number of aromatic nitrogens is 1. The third-order valence-corrected chi connectivity index (χ3v) is 10.3. The Morgan fingerprint density at radius 2 is 1.71 bits per heavy atom. The Morgan fingerprint density at radius 3 is 2.38 bits per heavy atom. The van der Waals surface area contributed by atoms with Gasteiger partial charge in [-0.15, -0.1) is 0 Å². The molecule has 0 spiro atoms. The molecule has 222 valence electrons. The van der Waals surface area contributed by atoms with Crippen molar-refractivity contribution in [3.63, 3.8) is 0 Å². The van der Waals surface area contributed by atoms with E-state index in [1.807, 2.05) is 18.7 Å². The van der Waals surface area contributed by atoms with Crippen molar-refractivity contribution in [3.05, 3.63) is 80.1 Å². The zero-order valence-electron chi connectivity index (χ0n) is 24.0. The van der Waals surface area contributed by atoms with Crippen LogP contribution in [-0.4, -0.2) is 55.3 Å². The Bertz CT molecular complexity index is 1680. The number of aromatic amines is 1. The van der Waals surface area contributed by atoms with E-state index in [2.05, 4.69) is 29.5 Å². The van der Waals surface area contributed by atoms with Crippen molar-refractivity contribution >= 4 is 62.2 Å². The molecule has 5 rings (SSSR count). The van der Waals surface area contributed by atoms with E-state index in [0.717, 1.165) is 22.5 Å². The highest BCUT2D eigenvalue weighted by Crippen LogP contribution is 2.37. The van der Waals surface area contributed by atoms with Gasteiger partial charge in [-0.25, -0.2) is 8.42 Å². The highest BCUT2D eigenvalue weighted by atomic mass is 35.5. The quantitative estimate of drug-likeness (QED) is 0.297. The van der Waals surface area contributed by atoms with E-state index >= 15 is 0 Å². The van der Waals surface area contributed by atoms with Gasteiger partial charge in [-0.1, -0.05) is 29.3 Å². The van der Waals surface area contributed by atoms with Crippen LogP contribution in [0.4, 0.5) is 5.69 Å². The van der Waals surface area contributed by atoms with E-state index < -0.39 is 9.84 Å². The molecule has 2 aliphatic heterocycles. The van der Waals surface area contributed by atoms with Gasteiger partial charge < -0.3 is 20.5 Å². The summed E-state index contributed by atoms with van der Waals surface area (Å²) < 4.78 is 26.7. The molecule has 2 aliphatic rings. The number of carbonyl (C=O) groups is 2. The molecule has 0 saturated carbocycles. The molecule has 2 atom stereocenters. The number of benzene rings is 2.